The van der Waals surface area contributed by atoms with Gasteiger partial charge in [0.2, 0.25) is 0 Å². The van der Waals surface area contributed by atoms with Gasteiger partial charge in [-0.1, -0.05) is 54.9 Å². The highest BCUT2D eigenvalue weighted by atomic mass is 35.5. The summed E-state index contributed by atoms with van der Waals surface area (Å²) in [7, 11) is 0. The molecule has 4 nitrogen and oxygen atoms in total. The van der Waals surface area contributed by atoms with Crippen molar-refractivity contribution in [1.29, 1.82) is 0 Å². The number of piperazine rings is 1. The third kappa shape index (κ3) is 6.11. The van der Waals surface area contributed by atoms with Crippen LogP contribution in [-0.4, -0.2) is 47.5 Å². The van der Waals surface area contributed by atoms with Gasteiger partial charge in [-0.3, -0.25) is 9.80 Å². The molecule has 0 spiro atoms. The van der Waals surface area contributed by atoms with Crippen LogP contribution < -0.4 is 4.90 Å². The topological polar surface area (TPSA) is 22.6 Å². The molecular formula is C27H32ClFN4. The highest BCUT2D eigenvalue weighted by Gasteiger charge is 2.19. The summed E-state index contributed by atoms with van der Waals surface area (Å²) < 4.78 is 14.2. The summed E-state index contributed by atoms with van der Waals surface area (Å²) in [5, 5.41) is 0.488. The summed E-state index contributed by atoms with van der Waals surface area (Å²) in [6.45, 7) is 11.3. The first-order valence-corrected chi connectivity index (χ1v) is 12.0. The predicted molar refractivity (Wildman–Crippen MR) is 134 cm³/mol. The standard InChI is InChI=1S/C27H32ClFN4/c1-3-31(20-24-25(28)7-4-8-26(24)29)18-22-9-11-23(12-10-22)19-32-14-16-33(17-15-32)27-21(2)6-5-13-30-27/h4-13H,3,14-20H2,1-2H3. The summed E-state index contributed by atoms with van der Waals surface area (Å²) in [6, 6.07) is 17.8. The fourth-order valence-corrected chi connectivity index (χ4v) is 4.60. The van der Waals surface area contributed by atoms with Gasteiger partial charge in [-0.05, 0) is 48.4 Å². The number of benzene rings is 2. The third-order valence-corrected chi connectivity index (χ3v) is 6.73. The molecule has 1 aromatic heterocycles. The first kappa shape index (κ1) is 23.7. The molecule has 0 aliphatic carbocycles. The van der Waals surface area contributed by atoms with Crippen LogP contribution in [0.3, 0.4) is 0 Å². The second-order valence-electron chi connectivity index (χ2n) is 8.73. The number of aromatic nitrogens is 1. The lowest BCUT2D eigenvalue weighted by atomic mass is 10.1. The van der Waals surface area contributed by atoms with E-state index in [1.165, 1.54) is 22.8 Å². The Hall–Kier alpha value is -2.47. The zero-order valence-electron chi connectivity index (χ0n) is 19.5. The average Bonchev–Trinajstić information content (AvgIpc) is 2.83. The van der Waals surface area contributed by atoms with E-state index in [9.17, 15) is 4.39 Å². The Balaban J connectivity index is 1.30. The number of nitrogens with zero attached hydrogens (tertiary/aromatic N) is 4. The molecule has 1 aliphatic rings. The molecule has 2 heterocycles. The predicted octanol–water partition coefficient (Wildman–Crippen LogP) is 5.53. The van der Waals surface area contributed by atoms with E-state index in [1.54, 1.807) is 12.1 Å². The molecule has 3 aromatic rings. The van der Waals surface area contributed by atoms with Gasteiger partial charge in [-0.15, -0.1) is 0 Å². The number of hydrogen-bond acceptors (Lipinski definition) is 4. The number of hydrogen-bond donors (Lipinski definition) is 0. The fourth-order valence-electron chi connectivity index (χ4n) is 4.38. The van der Waals surface area contributed by atoms with E-state index in [1.807, 2.05) is 12.3 Å². The van der Waals surface area contributed by atoms with Crippen molar-refractivity contribution >= 4 is 17.4 Å². The molecule has 6 heteroatoms. The molecule has 0 saturated carbocycles. The van der Waals surface area contributed by atoms with E-state index in [-0.39, 0.29) is 5.82 Å². The number of rotatable bonds is 8. The van der Waals surface area contributed by atoms with Crippen molar-refractivity contribution in [3.05, 3.63) is 93.9 Å². The third-order valence-electron chi connectivity index (χ3n) is 6.38. The normalized spacial score (nSPS) is 14.8. The molecule has 0 amide bonds. The molecule has 0 atom stereocenters. The molecule has 1 fully saturated rings. The maximum absolute atomic E-state index is 14.2. The Morgan fingerprint density at radius 1 is 0.939 bits per heavy atom. The second-order valence-corrected chi connectivity index (χ2v) is 9.13. The van der Waals surface area contributed by atoms with Gasteiger partial charge in [0.25, 0.3) is 0 Å². The van der Waals surface area contributed by atoms with E-state index in [0.29, 0.717) is 17.1 Å². The number of anilines is 1. The van der Waals surface area contributed by atoms with Crippen LogP contribution in [0.5, 0.6) is 0 Å². The maximum Gasteiger partial charge on any atom is 0.131 e. The lowest BCUT2D eigenvalue weighted by Crippen LogP contribution is -2.46. The van der Waals surface area contributed by atoms with Crippen LogP contribution in [-0.2, 0) is 19.6 Å². The van der Waals surface area contributed by atoms with Crippen LogP contribution in [0.25, 0.3) is 0 Å². The average molecular weight is 467 g/mol. The van der Waals surface area contributed by atoms with Crippen molar-refractivity contribution in [2.75, 3.05) is 37.6 Å². The number of halogens is 2. The van der Waals surface area contributed by atoms with E-state index in [2.05, 4.69) is 63.9 Å². The SMILES string of the molecule is CCN(Cc1ccc(CN2CCN(c3ncccc3C)CC2)cc1)Cc1c(F)cccc1Cl. The smallest absolute Gasteiger partial charge is 0.131 e. The van der Waals surface area contributed by atoms with Crippen molar-refractivity contribution in [2.24, 2.45) is 0 Å². The van der Waals surface area contributed by atoms with Gasteiger partial charge in [-0.2, -0.15) is 0 Å². The van der Waals surface area contributed by atoms with Crippen LogP contribution in [0, 0.1) is 12.7 Å². The summed E-state index contributed by atoms with van der Waals surface area (Å²) in [4.78, 5) is 11.7. The molecule has 2 aromatic carbocycles. The fraction of sp³-hybridized carbons (Fsp3) is 0.370. The minimum atomic E-state index is -0.241. The van der Waals surface area contributed by atoms with Crippen molar-refractivity contribution < 1.29 is 4.39 Å². The summed E-state index contributed by atoms with van der Waals surface area (Å²) in [5.41, 5.74) is 4.35. The number of pyridine rings is 1. The lowest BCUT2D eigenvalue weighted by Gasteiger charge is -2.36. The summed E-state index contributed by atoms with van der Waals surface area (Å²) >= 11 is 6.22. The largest absolute Gasteiger partial charge is 0.354 e. The van der Waals surface area contributed by atoms with Gasteiger partial charge in [0.15, 0.2) is 0 Å². The Morgan fingerprint density at radius 3 is 2.33 bits per heavy atom. The highest BCUT2D eigenvalue weighted by molar-refractivity contribution is 6.31. The van der Waals surface area contributed by atoms with Gasteiger partial charge in [-0.25, -0.2) is 9.37 Å². The Kier molecular flexibility index (Phi) is 7.97. The Bertz CT molecular complexity index is 1030. The second kappa shape index (κ2) is 11.1. The van der Waals surface area contributed by atoms with E-state index >= 15 is 0 Å². The van der Waals surface area contributed by atoms with Crippen molar-refractivity contribution in [3.63, 3.8) is 0 Å². The molecule has 174 valence electrons. The van der Waals surface area contributed by atoms with Gasteiger partial charge in [0.05, 0.1) is 0 Å². The van der Waals surface area contributed by atoms with Crippen LogP contribution in [0.2, 0.25) is 5.02 Å². The van der Waals surface area contributed by atoms with Gasteiger partial charge >= 0.3 is 0 Å². The Morgan fingerprint density at radius 2 is 1.67 bits per heavy atom. The van der Waals surface area contributed by atoms with Crippen LogP contribution in [0.15, 0.2) is 60.8 Å². The zero-order valence-corrected chi connectivity index (χ0v) is 20.2. The molecular weight excluding hydrogens is 435 g/mol. The van der Waals surface area contributed by atoms with Gasteiger partial charge < -0.3 is 4.90 Å². The van der Waals surface area contributed by atoms with E-state index in [4.69, 9.17) is 11.6 Å². The molecule has 4 rings (SSSR count). The molecule has 0 radical (unpaired) electrons. The molecule has 1 saturated heterocycles. The van der Waals surface area contributed by atoms with Crippen molar-refractivity contribution in [2.45, 2.75) is 33.5 Å². The van der Waals surface area contributed by atoms with Crippen molar-refractivity contribution in [1.82, 2.24) is 14.8 Å². The maximum atomic E-state index is 14.2. The molecule has 0 unspecified atom stereocenters. The molecule has 33 heavy (non-hydrogen) atoms. The minimum absolute atomic E-state index is 0.241. The van der Waals surface area contributed by atoms with Crippen LogP contribution in [0.4, 0.5) is 10.2 Å². The summed E-state index contributed by atoms with van der Waals surface area (Å²) in [6.07, 6.45) is 1.88. The lowest BCUT2D eigenvalue weighted by molar-refractivity contribution is 0.249. The van der Waals surface area contributed by atoms with Gasteiger partial charge in [0, 0.05) is 62.6 Å². The quantitative estimate of drug-likeness (QED) is 0.435. The van der Waals surface area contributed by atoms with Crippen LogP contribution >= 0.6 is 11.6 Å². The summed E-state index contributed by atoms with van der Waals surface area (Å²) in [5.74, 6) is 0.869. The van der Waals surface area contributed by atoms with Crippen molar-refractivity contribution in [3.8, 4) is 0 Å². The molecule has 0 bridgehead atoms. The van der Waals surface area contributed by atoms with Crippen LogP contribution in [0.1, 0.15) is 29.2 Å². The van der Waals surface area contributed by atoms with E-state index in [0.717, 1.165) is 51.6 Å². The minimum Gasteiger partial charge on any atom is -0.354 e. The van der Waals surface area contributed by atoms with E-state index < -0.39 is 0 Å². The monoisotopic (exact) mass is 466 g/mol. The van der Waals surface area contributed by atoms with Gasteiger partial charge in [0.1, 0.15) is 11.6 Å². The zero-order chi connectivity index (χ0) is 23.2. The number of aryl methyl sites for hydroxylation is 1. The molecule has 0 N–H and O–H groups in total. The Labute approximate surface area is 201 Å². The highest BCUT2D eigenvalue weighted by Crippen LogP contribution is 2.22. The first-order valence-electron chi connectivity index (χ1n) is 11.7. The molecule has 1 aliphatic heterocycles. The first-order chi connectivity index (χ1) is 16.0.